The predicted molar refractivity (Wildman–Crippen MR) is 73.7 cm³/mol. The van der Waals surface area contributed by atoms with Crippen molar-refractivity contribution in [3.05, 3.63) is 0 Å². The molecule has 106 valence electrons. The number of hydrogen-bond donors (Lipinski definition) is 2. The number of piperidine rings is 1. The Hall–Kier alpha value is -0.770. The first-order valence-corrected chi connectivity index (χ1v) is 7.11. The second-order valence-corrected chi connectivity index (χ2v) is 6.17. The maximum absolute atomic E-state index is 11.4. The predicted octanol–water partition coefficient (Wildman–Crippen LogP) is 2.68. The standard InChI is InChI=1S/C14H28N2O2/c1-5-11-6-7-12(16-10-11)8-9-15-13(17)18-14(2,3)4/h11-12,16H,5-10H2,1-4H3,(H,15,17)/t11-,12-/m0/s1. The number of amides is 1. The van der Waals surface area contributed by atoms with Crippen LogP contribution in [0.3, 0.4) is 0 Å². The van der Waals surface area contributed by atoms with Gasteiger partial charge >= 0.3 is 6.09 Å². The van der Waals surface area contributed by atoms with Gasteiger partial charge in [0.25, 0.3) is 0 Å². The molecule has 0 unspecified atom stereocenters. The van der Waals surface area contributed by atoms with Crippen LogP contribution >= 0.6 is 0 Å². The first-order valence-electron chi connectivity index (χ1n) is 7.11. The van der Waals surface area contributed by atoms with E-state index < -0.39 is 5.60 Å². The molecule has 0 bridgehead atoms. The van der Waals surface area contributed by atoms with Crippen molar-refractivity contribution in [2.75, 3.05) is 13.1 Å². The van der Waals surface area contributed by atoms with Gasteiger partial charge in [-0.3, -0.25) is 0 Å². The number of carbonyl (C=O) groups excluding carboxylic acids is 1. The number of carbonyl (C=O) groups is 1. The van der Waals surface area contributed by atoms with Crippen LogP contribution in [0.5, 0.6) is 0 Å². The summed E-state index contributed by atoms with van der Waals surface area (Å²) in [6, 6.07) is 0.544. The number of hydrogen-bond acceptors (Lipinski definition) is 3. The minimum atomic E-state index is -0.415. The van der Waals surface area contributed by atoms with E-state index in [1.54, 1.807) is 0 Å². The third kappa shape index (κ3) is 6.24. The van der Waals surface area contributed by atoms with Crippen molar-refractivity contribution in [3.8, 4) is 0 Å². The highest BCUT2D eigenvalue weighted by atomic mass is 16.6. The minimum absolute atomic E-state index is 0.315. The van der Waals surface area contributed by atoms with Gasteiger partial charge in [-0.1, -0.05) is 13.3 Å². The van der Waals surface area contributed by atoms with E-state index in [0.717, 1.165) is 18.9 Å². The highest BCUT2D eigenvalue weighted by Crippen LogP contribution is 2.18. The molecular formula is C14H28N2O2. The molecule has 0 aliphatic carbocycles. The van der Waals surface area contributed by atoms with Crippen LogP contribution in [0.2, 0.25) is 0 Å². The molecule has 1 amide bonds. The molecule has 1 fully saturated rings. The maximum atomic E-state index is 11.4. The molecule has 2 N–H and O–H groups in total. The Bertz CT molecular complexity index is 253. The Morgan fingerprint density at radius 2 is 2.11 bits per heavy atom. The minimum Gasteiger partial charge on any atom is -0.444 e. The number of ether oxygens (including phenoxy) is 1. The van der Waals surface area contributed by atoms with Crippen LogP contribution in [0.4, 0.5) is 4.79 Å². The van der Waals surface area contributed by atoms with Gasteiger partial charge in [0.05, 0.1) is 0 Å². The monoisotopic (exact) mass is 256 g/mol. The fraction of sp³-hybridized carbons (Fsp3) is 0.929. The van der Waals surface area contributed by atoms with Gasteiger partial charge in [0.15, 0.2) is 0 Å². The van der Waals surface area contributed by atoms with Crippen LogP contribution in [0.1, 0.15) is 53.4 Å². The van der Waals surface area contributed by atoms with Gasteiger partial charge in [-0.15, -0.1) is 0 Å². The van der Waals surface area contributed by atoms with Crippen molar-refractivity contribution in [3.63, 3.8) is 0 Å². The lowest BCUT2D eigenvalue weighted by atomic mass is 9.91. The molecule has 0 aromatic heterocycles. The van der Waals surface area contributed by atoms with Crippen molar-refractivity contribution in [2.24, 2.45) is 5.92 Å². The van der Waals surface area contributed by atoms with Gasteiger partial charge in [-0.05, 0) is 52.5 Å². The number of nitrogens with one attached hydrogen (secondary N) is 2. The lowest BCUT2D eigenvalue weighted by molar-refractivity contribution is 0.0525. The number of alkyl carbamates (subject to hydrolysis) is 1. The normalized spacial score (nSPS) is 24.7. The van der Waals surface area contributed by atoms with Crippen LogP contribution in [-0.4, -0.2) is 30.8 Å². The van der Waals surface area contributed by atoms with E-state index in [-0.39, 0.29) is 6.09 Å². The van der Waals surface area contributed by atoms with Crippen molar-refractivity contribution in [2.45, 2.75) is 65.0 Å². The topological polar surface area (TPSA) is 50.4 Å². The van der Waals surface area contributed by atoms with Crippen LogP contribution in [0.25, 0.3) is 0 Å². The average Bonchev–Trinajstić information content (AvgIpc) is 2.27. The number of rotatable bonds is 4. The molecule has 0 saturated carbocycles. The fourth-order valence-electron chi connectivity index (χ4n) is 2.23. The Balaban J connectivity index is 2.10. The SMILES string of the molecule is CC[C@H]1CC[C@@H](CCNC(=O)OC(C)(C)C)NC1. The van der Waals surface area contributed by atoms with Crippen LogP contribution < -0.4 is 10.6 Å². The molecule has 1 aliphatic rings. The molecule has 1 heterocycles. The lowest BCUT2D eigenvalue weighted by Gasteiger charge is -2.29. The van der Waals surface area contributed by atoms with Crippen molar-refractivity contribution in [1.29, 1.82) is 0 Å². The molecule has 18 heavy (non-hydrogen) atoms. The second-order valence-electron chi connectivity index (χ2n) is 6.17. The third-order valence-corrected chi connectivity index (χ3v) is 3.36. The van der Waals surface area contributed by atoms with Crippen LogP contribution in [0.15, 0.2) is 0 Å². The Morgan fingerprint density at radius 3 is 2.61 bits per heavy atom. The van der Waals surface area contributed by atoms with Gasteiger partial charge in [-0.2, -0.15) is 0 Å². The van der Waals surface area contributed by atoms with Gasteiger partial charge in [-0.25, -0.2) is 4.79 Å². The summed E-state index contributed by atoms with van der Waals surface area (Å²) in [6.07, 6.45) is 4.45. The molecule has 1 rings (SSSR count). The summed E-state index contributed by atoms with van der Waals surface area (Å²) in [4.78, 5) is 11.4. The summed E-state index contributed by atoms with van der Waals surface area (Å²) in [5.74, 6) is 0.833. The molecule has 0 radical (unpaired) electrons. The van der Waals surface area contributed by atoms with Crippen molar-refractivity contribution >= 4 is 6.09 Å². The quantitative estimate of drug-likeness (QED) is 0.813. The van der Waals surface area contributed by atoms with E-state index in [2.05, 4.69) is 17.6 Å². The summed E-state index contributed by atoms with van der Waals surface area (Å²) < 4.78 is 5.19. The molecule has 1 aliphatic heterocycles. The smallest absolute Gasteiger partial charge is 0.407 e. The zero-order valence-corrected chi connectivity index (χ0v) is 12.2. The van der Waals surface area contributed by atoms with E-state index in [4.69, 9.17) is 4.74 Å². The van der Waals surface area contributed by atoms with Crippen molar-refractivity contribution in [1.82, 2.24) is 10.6 Å². The zero-order chi connectivity index (χ0) is 13.6. The Morgan fingerprint density at radius 1 is 1.39 bits per heavy atom. The average molecular weight is 256 g/mol. The molecule has 1 saturated heterocycles. The second kappa shape index (κ2) is 6.98. The summed E-state index contributed by atoms with van der Waals surface area (Å²) in [6.45, 7) is 9.67. The Kier molecular flexibility index (Phi) is 5.93. The molecule has 4 heteroatoms. The molecule has 0 aromatic rings. The van der Waals surface area contributed by atoms with E-state index >= 15 is 0 Å². The maximum Gasteiger partial charge on any atom is 0.407 e. The summed E-state index contributed by atoms with van der Waals surface area (Å²) >= 11 is 0. The first-order chi connectivity index (χ1) is 8.40. The van der Waals surface area contributed by atoms with E-state index in [1.807, 2.05) is 20.8 Å². The zero-order valence-electron chi connectivity index (χ0n) is 12.2. The molecule has 0 spiro atoms. The summed E-state index contributed by atoms with van der Waals surface area (Å²) in [7, 11) is 0. The van der Waals surface area contributed by atoms with E-state index in [1.165, 1.54) is 19.3 Å². The molecule has 0 aromatic carbocycles. The third-order valence-electron chi connectivity index (χ3n) is 3.36. The Labute approximate surface area is 111 Å². The van der Waals surface area contributed by atoms with Crippen LogP contribution in [0, 0.1) is 5.92 Å². The van der Waals surface area contributed by atoms with Crippen LogP contribution in [-0.2, 0) is 4.74 Å². The van der Waals surface area contributed by atoms with Gasteiger partial charge in [0, 0.05) is 12.6 Å². The largest absolute Gasteiger partial charge is 0.444 e. The van der Waals surface area contributed by atoms with Gasteiger partial charge < -0.3 is 15.4 Å². The first kappa shape index (κ1) is 15.3. The molecular weight excluding hydrogens is 228 g/mol. The highest BCUT2D eigenvalue weighted by Gasteiger charge is 2.20. The fourth-order valence-corrected chi connectivity index (χ4v) is 2.23. The van der Waals surface area contributed by atoms with Gasteiger partial charge in [0.2, 0.25) is 0 Å². The van der Waals surface area contributed by atoms with E-state index in [9.17, 15) is 4.79 Å². The highest BCUT2D eigenvalue weighted by molar-refractivity contribution is 5.67. The van der Waals surface area contributed by atoms with Crippen molar-refractivity contribution < 1.29 is 9.53 Å². The van der Waals surface area contributed by atoms with Gasteiger partial charge in [0.1, 0.15) is 5.60 Å². The molecule has 4 nitrogen and oxygen atoms in total. The summed E-state index contributed by atoms with van der Waals surface area (Å²) in [5, 5.41) is 6.36. The van der Waals surface area contributed by atoms with E-state index in [0.29, 0.717) is 12.6 Å². The molecule has 2 atom stereocenters. The summed E-state index contributed by atoms with van der Waals surface area (Å²) in [5.41, 5.74) is -0.415. The lowest BCUT2D eigenvalue weighted by Crippen LogP contribution is -2.41.